The van der Waals surface area contributed by atoms with Crippen LogP contribution in [-0.2, 0) is 19.1 Å². The minimum absolute atomic E-state index is 0.0215. The van der Waals surface area contributed by atoms with Gasteiger partial charge in [-0.3, -0.25) is 9.59 Å². The molecule has 1 amide bonds. The van der Waals surface area contributed by atoms with Gasteiger partial charge in [-0.2, -0.15) is 0 Å². The number of hydrogen-bond donors (Lipinski definition) is 0. The van der Waals surface area contributed by atoms with Crippen LogP contribution in [-0.4, -0.2) is 55.2 Å². The van der Waals surface area contributed by atoms with E-state index in [9.17, 15) is 14.4 Å². The zero-order valence-electron chi connectivity index (χ0n) is 19.7. The minimum Gasteiger partial charge on any atom is -0.497 e. The average molecular weight is 454 g/mol. The van der Waals surface area contributed by atoms with Crippen LogP contribution in [0.4, 0.5) is 0 Å². The number of carbonyl (C=O) groups excluding carboxylic acids is 3. The molecule has 1 saturated heterocycles. The molecule has 0 bridgehead atoms. The first-order valence-corrected chi connectivity index (χ1v) is 10.9. The molecule has 0 N–H and O–H groups in total. The van der Waals surface area contributed by atoms with Crippen LogP contribution in [0.2, 0.25) is 0 Å². The maximum Gasteiger partial charge on any atom is 0.328 e. The molecule has 0 unspecified atom stereocenters. The Morgan fingerprint density at radius 1 is 0.970 bits per heavy atom. The summed E-state index contributed by atoms with van der Waals surface area (Å²) in [6.45, 7) is 5.66. The number of carbonyl (C=O) groups is 3. The number of amides is 1. The van der Waals surface area contributed by atoms with Crippen LogP contribution in [0.5, 0.6) is 5.75 Å². The number of nitrogens with zero attached hydrogens (tertiary/aromatic N) is 1. The molecule has 0 spiro atoms. The van der Waals surface area contributed by atoms with Gasteiger partial charge in [-0.05, 0) is 50.6 Å². The fraction of sp³-hybridized carbons (Fsp3) is 0.423. The van der Waals surface area contributed by atoms with Gasteiger partial charge in [0.05, 0.1) is 20.6 Å². The molecular weight excluding hydrogens is 422 g/mol. The Kier molecular flexibility index (Phi) is 7.41. The third-order valence-corrected chi connectivity index (χ3v) is 5.74. The van der Waals surface area contributed by atoms with Gasteiger partial charge in [0.1, 0.15) is 17.4 Å². The van der Waals surface area contributed by atoms with Crippen molar-refractivity contribution in [3.8, 4) is 5.75 Å². The average Bonchev–Trinajstić information content (AvgIpc) is 3.16. The summed E-state index contributed by atoms with van der Waals surface area (Å²) >= 11 is 0. The molecule has 0 aliphatic carbocycles. The molecule has 7 heteroatoms. The number of benzene rings is 2. The molecule has 0 radical (unpaired) electrons. The van der Waals surface area contributed by atoms with E-state index in [1.807, 2.05) is 30.3 Å². The second kappa shape index (κ2) is 10.1. The summed E-state index contributed by atoms with van der Waals surface area (Å²) in [5.74, 6) is -1.33. The predicted octanol–water partition coefficient (Wildman–Crippen LogP) is 3.82. The van der Waals surface area contributed by atoms with Gasteiger partial charge in [0.25, 0.3) is 5.91 Å². The van der Waals surface area contributed by atoms with Crippen molar-refractivity contribution in [1.82, 2.24) is 4.90 Å². The Labute approximate surface area is 194 Å². The summed E-state index contributed by atoms with van der Waals surface area (Å²) < 4.78 is 15.9. The first-order chi connectivity index (χ1) is 15.6. The quantitative estimate of drug-likeness (QED) is 0.619. The van der Waals surface area contributed by atoms with E-state index < -0.39 is 29.5 Å². The Balaban J connectivity index is 2.01. The molecule has 1 aliphatic rings. The molecular formula is C26H31NO6. The zero-order valence-corrected chi connectivity index (χ0v) is 19.7. The molecule has 3 atom stereocenters. The van der Waals surface area contributed by atoms with Gasteiger partial charge >= 0.3 is 11.9 Å². The fourth-order valence-corrected chi connectivity index (χ4v) is 4.32. The van der Waals surface area contributed by atoms with Crippen molar-refractivity contribution in [2.45, 2.75) is 44.8 Å². The SMILES string of the molecule is COC(=O)[C@H]1[C@@H](CC(=O)OC(C)(C)C)[C@@H](c2ccc(OC)cc2)CN1C(=O)c1ccccc1. The number of methoxy groups -OCH3 is 2. The van der Waals surface area contributed by atoms with Crippen LogP contribution in [0.15, 0.2) is 54.6 Å². The number of ether oxygens (including phenoxy) is 3. The molecule has 0 saturated carbocycles. The van der Waals surface area contributed by atoms with Gasteiger partial charge in [0.2, 0.25) is 0 Å². The van der Waals surface area contributed by atoms with Crippen LogP contribution < -0.4 is 4.74 Å². The second-order valence-electron chi connectivity index (χ2n) is 9.13. The van der Waals surface area contributed by atoms with E-state index >= 15 is 0 Å². The van der Waals surface area contributed by atoms with E-state index in [2.05, 4.69) is 0 Å². The molecule has 2 aromatic rings. The number of likely N-dealkylation sites (tertiary alicyclic amines) is 1. The number of hydrogen-bond acceptors (Lipinski definition) is 6. The van der Waals surface area contributed by atoms with Crippen molar-refractivity contribution in [3.63, 3.8) is 0 Å². The third kappa shape index (κ3) is 5.72. The Hall–Kier alpha value is -3.35. The first kappa shape index (κ1) is 24.3. The highest BCUT2D eigenvalue weighted by molar-refractivity contribution is 5.97. The summed E-state index contributed by atoms with van der Waals surface area (Å²) in [5.41, 5.74) is 0.713. The lowest BCUT2D eigenvalue weighted by atomic mass is 9.83. The summed E-state index contributed by atoms with van der Waals surface area (Å²) in [6.07, 6.45) is -0.0215. The number of esters is 2. The highest BCUT2D eigenvalue weighted by atomic mass is 16.6. The maximum atomic E-state index is 13.4. The van der Waals surface area contributed by atoms with Crippen LogP contribution >= 0.6 is 0 Å². The van der Waals surface area contributed by atoms with Crippen molar-refractivity contribution in [2.75, 3.05) is 20.8 Å². The molecule has 33 heavy (non-hydrogen) atoms. The van der Waals surface area contributed by atoms with Gasteiger partial charge in [-0.1, -0.05) is 30.3 Å². The predicted molar refractivity (Wildman–Crippen MR) is 123 cm³/mol. The molecule has 2 aromatic carbocycles. The van der Waals surface area contributed by atoms with E-state index in [4.69, 9.17) is 14.2 Å². The van der Waals surface area contributed by atoms with E-state index in [1.54, 1.807) is 52.1 Å². The lowest BCUT2D eigenvalue weighted by Crippen LogP contribution is -2.44. The molecule has 1 aliphatic heterocycles. The van der Waals surface area contributed by atoms with Crippen molar-refractivity contribution < 1.29 is 28.6 Å². The van der Waals surface area contributed by atoms with E-state index in [0.29, 0.717) is 11.3 Å². The standard InChI is InChI=1S/C26H31NO6/c1-26(2,3)33-22(28)15-20-21(17-11-13-19(31-4)14-12-17)16-27(23(20)25(30)32-5)24(29)18-9-7-6-8-10-18/h6-14,20-21,23H,15-16H2,1-5H3/t20-,21+,23+/m0/s1. The third-order valence-electron chi connectivity index (χ3n) is 5.74. The smallest absolute Gasteiger partial charge is 0.328 e. The monoisotopic (exact) mass is 453 g/mol. The Morgan fingerprint density at radius 2 is 1.61 bits per heavy atom. The van der Waals surface area contributed by atoms with Gasteiger partial charge in [0.15, 0.2) is 0 Å². The first-order valence-electron chi connectivity index (χ1n) is 10.9. The van der Waals surface area contributed by atoms with Crippen LogP contribution in [0.25, 0.3) is 0 Å². The zero-order chi connectivity index (χ0) is 24.2. The summed E-state index contributed by atoms with van der Waals surface area (Å²) in [6, 6.07) is 15.3. The summed E-state index contributed by atoms with van der Waals surface area (Å²) in [7, 11) is 2.88. The van der Waals surface area contributed by atoms with E-state index in [-0.39, 0.29) is 24.8 Å². The fourth-order valence-electron chi connectivity index (χ4n) is 4.32. The second-order valence-corrected chi connectivity index (χ2v) is 9.13. The summed E-state index contributed by atoms with van der Waals surface area (Å²) in [4.78, 5) is 40.6. The lowest BCUT2D eigenvalue weighted by Gasteiger charge is -2.27. The van der Waals surface area contributed by atoms with Crippen molar-refractivity contribution in [1.29, 1.82) is 0 Å². The molecule has 7 nitrogen and oxygen atoms in total. The van der Waals surface area contributed by atoms with Gasteiger partial charge in [-0.25, -0.2) is 4.79 Å². The lowest BCUT2D eigenvalue weighted by molar-refractivity contribution is -0.157. The highest BCUT2D eigenvalue weighted by Gasteiger charge is 2.50. The number of rotatable bonds is 6. The summed E-state index contributed by atoms with van der Waals surface area (Å²) in [5, 5.41) is 0. The van der Waals surface area contributed by atoms with Crippen molar-refractivity contribution in [2.24, 2.45) is 5.92 Å². The van der Waals surface area contributed by atoms with E-state index in [0.717, 1.165) is 5.56 Å². The largest absolute Gasteiger partial charge is 0.497 e. The van der Waals surface area contributed by atoms with Gasteiger partial charge in [0, 0.05) is 23.9 Å². The molecule has 1 fully saturated rings. The molecule has 3 rings (SSSR count). The van der Waals surface area contributed by atoms with Crippen LogP contribution in [0.3, 0.4) is 0 Å². The maximum absolute atomic E-state index is 13.4. The van der Waals surface area contributed by atoms with Crippen molar-refractivity contribution >= 4 is 17.8 Å². The molecule has 0 aromatic heterocycles. The topological polar surface area (TPSA) is 82.1 Å². The Bertz CT molecular complexity index is 980. The van der Waals surface area contributed by atoms with Gasteiger partial charge in [-0.15, -0.1) is 0 Å². The molecule has 1 heterocycles. The highest BCUT2D eigenvalue weighted by Crippen LogP contribution is 2.41. The van der Waals surface area contributed by atoms with Crippen LogP contribution in [0.1, 0.15) is 49.0 Å². The van der Waals surface area contributed by atoms with Crippen LogP contribution in [0, 0.1) is 5.92 Å². The van der Waals surface area contributed by atoms with E-state index in [1.165, 1.54) is 12.0 Å². The van der Waals surface area contributed by atoms with Gasteiger partial charge < -0.3 is 19.1 Å². The molecule has 176 valence electrons. The minimum atomic E-state index is -0.915. The Morgan fingerprint density at radius 3 is 2.15 bits per heavy atom. The normalized spacial score (nSPS) is 20.3. The van der Waals surface area contributed by atoms with Crippen molar-refractivity contribution in [3.05, 3.63) is 65.7 Å².